The van der Waals surface area contributed by atoms with Crippen molar-refractivity contribution in [1.29, 1.82) is 0 Å². The first kappa shape index (κ1) is 96.2. The van der Waals surface area contributed by atoms with Crippen LogP contribution >= 0.6 is 7.82 Å². The van der Waals surface area contributed by atoms with Gasteiger partial charge in [-0.2, -0.15) is 0 Å². The summed E-state index contributed by atoms with van der Waals surface area (Å²) in [6.07, 6.45) is 21.2. The summed E-state index contributed by atoms with van der Waals surface area (Å²) < 4.78 is 65.3. The Morgan fingerprint density at radius 2 is 0.615 bits per heavy atom. The van der Waals surface area contributed by atoms with Gasteiger partial charge in [0.25, 0.3) is 0 Å². The van der Waals surface area contributed by atoms with Crippen molar-refractivity contribution in [3.05, 3.63) is 0 Å². The molecule has 18 atom stereocenters. The fourth-order valence-electron chi connectivity index (χ4n) is 14.1. The average molecular weight is 1510 g/mol. The number of aliphatic hydroxyl groups is 10. The van der Waals surface area contributed by atoms with Gasteiger partial charge in [0, 0.05) is 19.3 Å². The molecule has 24 nitrogen and oxygen atoms in total. The maximum atomic E-state index is 14.4. The fraction of sp³-hybridized carbons (Fsp3) is 0.962. The summed E-state index contributed by atoms with van der Waals surface area (Å²) in [6, 6.07) is 0. The van der Waals surface area contributed by atoms with Gasteiger partial charge in [-0.1, -0.05) is 316 Å². The highest BCUT2D eigenvalue weighted by atomic mass is 31.2. The molecule has 25 heteroatoms. The zero-order chi connectivity index (χ0) is 76.0. The SMILES string of the molecule is CCCCCCCCCCCCCCCCCCCC(=O)OCC(COP(=O)(O)OC1C(OC2OC(CO)C(O)C(O)C2O)C(O)C(O)C(O)C1OC1OC(COC(=O)CCCCCCCCCCCCCCCCCC)C(O)C(O)C1O)OC(=O)CCCCCCCCCCCCCCCCCC. The predicted molar refractivity (Wildman–Crippen MR) is 398 cm³/mol. The lowest BCUT2D eigenvalue weighted by Crippen LogP contribution is -2.69. The summed E-state index contributed by atoms with van der Waals surface area (Å²) in [5, 5.41) is 110. The van der Waals surface area contributed by atoms with Crippen LogP contribution in [0.4, 0.5) is 0 Å². The molecule has 1 saturated carbocycles. The Balaban J connectivity index is 1.69. The molecule has 0 bridgehead atoms. The zero-order valence-electron chi connectivity index (χ0n) is 64.6. The minimum Gasteiger partial charge on any atom is -0.463 e. The number of hydrogen-bond acceptors (Lipinski definition) is 23. The first-order valence-electron chi connectivity index (χ1n) is 41.8. The van der Waals surface area contributed by atoms with Crippen LogP contribution in [0.1, 0.15) is 355 Å². The molecule has 0 aromatic rings. The number of phosphoric ester groups is 1. The highest BCUT2D eigenvalue weighted by Crippen LogP contribution is 2.49. The topological polar surface area (TPSA) is 374 Å². The summed E-state index contributed by atoms with van der Waals surface area (Å²) >= 11 is 0. The van der Waals surface area contributed by atoms with Gasteiger partial charge in [0.2, 0.25) is 0 Å². The molecule has 2 heterocycles. The molecule has 2 aliphatic heterocycles. The normalized spacial score (nSPS) is 26.7. The van der Waals surface area contributed by atoms with Gasteiger partial charge in [-0.05, 0) is 19.3 Å². The second-order valence-electron chi connectivity index (χ2n) is 30.2. The largest absolute Gasteiger partial charge is 0.472 e. The number of unbranched alkanes of at least 4 members (excludes halogenated alkanes) is 46. The highest BCUT2D eigenvalue weighted by molar-refractivity contribution is 7.47. The number of esters is 3. The van der Waals surface area contributed by atoms with Gasteiger partial charge < -0.3 is 89.1 Å². The van der Waals surface area contributed by atoms with E-state index in [4.69, 9.17) is 42.2 Å². The van der Waals surface area contributed by atoms with E-state index in [-0.39, 0.29) is 19.3 Å². The molecule has 614 valence electrons. The minimum atomic E-state index is -5.70. The van der Waals surface area contributed by atoms with E-state index in [1.165, 1.54) is 205 Å². The van der Waals surface area contributed by atoms with Gasteiger partial charge in [0.05, 0.1) is 13.2 Å². The molecule has 0 spiro atoms. The smallest absolute Gasteiger partial charge is 0.463 e. The Kier molecular flexibility index (Phi) is 56.1. The molecule has 0 amide bonds. The predicted octanol–water partition coefficient (Wildman–Crippen LogP) is 13.3. The van der Waals surface area contributed by atoms with Gasteiger partial charge in [-0.3, -0.25) is 23.4 Å². The Hall–Kier alpha value is -2.04. The summed E-state index contributed by atoms with van der Waals surface area (Å²) in [6.45, 7) is 3.53. The zero-order valence-corrected chi connectivity index (χ0v) is 65.5. The van der Waals surface area contributed by atoms with E-state index in [0.717, 1.165) is 89.9 Å². The van der Waals surface area contributed by atoms with Crippen LogP contribution in [0.2, 0.25) is 0 Å². The van der Waals surface area contributed by atoms with Crippen LogP contribution < -0.4 is 0 Å². The van der Waals surface area contributed by atoms with Crippen LogP contribution in [0.25, 0.3) is 0 Å². The average Bonchev–Trinajstić information content (AvgIpc) is 0.762. The number of phosphoric acid groups is 1. The third-order valence-corrected chi connectivity index (χ3v) is 21.9. The van der Waals surface area contributed by atoms with Crippen LogP contribution in [0.15, 0.2) is 0 Å². The number of aliphatic hydroxyl groups excluding tert-OH is 10. The maximum Gasteiger partial charge on any atom is 0.472 e. The van der Waals surface area contributed by atoms with E-state index in [1.807, 2.05) is 0 Å². The number of carbonyl (C=O) groups excluding carboxylic acids is 3. The van der Waals surface area contributed by atoms with Crippen molar-refractivity contribution in [3.8, 4) is 0 Å². The Morgan fingerprint density at radius 3 is 0.942 bits per heavy atom. The minimum absolute atomic E-state index is 0.0324. The second-order valence-corrected chi connectivity index (χ2v) is 31.6. The molecule has 18 unspecified atom stereocenters. The molecule has 11 N–H and O–H groups in total. The summed E-state index contributed by atoms with van der Waals surface area (Å²) in [5.74, 6) is -1.96. The van der Waals surface area contributed by atoms with Gasteiger partial charge in [0.15, 0.2) is 18.7 Å². The first-order chi connectivity index (χ1) is 50.3. The van der Waals surface area contributed by atoms with E-state index in [1.54, 1.807) is 0 Å². The van der Waals surface area contributed by atoms with E-state index < -0.39 is 156 Å². The van der Waals surface area contributed by atoms with Crippen molar-refractivity contribution in [1.82, 2.24) is 0 Å². The quantitative estimate of drug-likeness (QED) is 0.0117. The first-order valence-corrected chi connectivity index (χ1v) is 43.3. The fourth-order valence-corrected chi connectivity index (χ4v) is 15.1. The molecular formula is C79H149O24P. The van der Waals surface area contributed by atoms with Crippen LogP contribution in [0.5, 0.6) is 0 Å². The van der Waals surface area contributed by atoms with E-state index in [0.29, 0.717) is 19.3 Å². The van der Waals surface area contributed by atoms with Crippen molar-refractivity contribution in [2.24, 2.45) is 0 Å². The summed E-state index contributed by atoms with van der Waals surface area (Å²) in [4.78, 5) is 51.2. The molecule has 1 aliphatic carbocycles. The number of carbonyl (C=O) groups is 3. The molecule has 2 saturated heterocycles. The third kappa shape index (κ3) is 42.4. The van der Waals surface area contributed by atoms with E-state index in [2.05, 4.69) is 20.8 Å². The van der Waals surface area contributed by atoms with Crippen molar-refractivity contribution in [3.63, 3.8) is 0 Å². The van der Waals surface area contributed by atoms with Crippen molar-refractivity contribution < 1.29 is 117 Å². The lowest BCUT2D eigenvalue weighted by molar-refractivity contribution is -0.360. The summed E-state index contributed by atoms with van der Waals surface area (Å²) in [5.41, 5.74) is 0. The van der Waals surface area contributed by atoms with Crippen LogP contribution in [-0.2, 0) is 61.2 Å². The number of hydrogen-bond donors (Lipinski definition) is 11. The van der Waals surface area contributed by atoms with Crippen LogP contribution in [0, 0.1) is 0 Å². The number of ether oxygens (including phenoxy) is 7. The second kappa shape index (κ2) is 60.7. The van der Waals surface area contributed by atoms with Gasteiger partial charge in [-0.25, -0.2) is 4.57 Å². The van der Waals surface area contributed by atoms with E-state index in [9.17, 15) is 74.9 Å². The lowest BCUT2D eigenvalue weighted by Gasteiger charge is -2.49. The van der Waals surface area contributed by atoms with Crippen LogP contribution in [0.3, 0.4) is 0 Å². The van der Waals surface area contributed by atoms with Crippen molar-refractivity contribution in [2.45, 2.75) is 459 Å². The van der Waals surface area contributed by atoms with Gasteiger partial charge in [-0.15, -0.1) is 0 Å². The lowest BCUT2D eigenvalue weighted by atomic mass is 9.84. The van der Waals surface area contributed by atoms with Crippen molar-refractivity contribution in [2.75, 3.05) is 26.4 Å². The highest BCUT2D eigenvalue weighted by Gasteiger charge is 2.58. The van der Waals surface area contributed by atoms with Gasteiger partial charge >= 0.3 is 25.7 Å². The Morgan fingerprint density at radius 1 is 0.337 bits per heavy atom. The van der Waals surface area contributed by atoms with Gasteiger partial charge in [0.1, 0.15) is 98.7 Å². The van der Waals surface area contributed by atoms with Crippen molar-refractivity contribution >= 4 is 25.7 Å². The number of rotatable bonds is 67. The molecule has 3 rings (SSSR count). The molecule has 0 aromatic carbocycles. The monoisotopic (exact) mass is 1510 g/mol. The molecular weight excluding hydrogens is 1360 g/mol. The molecule has 3 aliphatic rings. The molecule has 0 radical (unpaired) electrons. The molecule has 3 fully saturated rings. The van der Waals surface area contributed by atoms with E-state index >= 15 is 0 Å². The Labute approximate surface area is 625 Å². The standard InChI is InChI=1S/C79H149O24P/c1-4-7-10-13-16-19-22-25-28-31-34-36-38-41-44-47-50-53-63(81)95-57-60(98-65(83)55-52-49-46-43-40-37-33-30-27-24-21-18-15-12-9-6-3)58-97-104(93,94)103-77-75(101-78-73(91)68(86)66(84)61(56-80)99-78)71(89)70(88)72(90)76(77)102-79-74(92)69(87)67(85)62(100-79)59-96-64(82)54-51-48-45-42-39-35-32-29-26-23-20-17-14-11-8-5-2/h60-62,66-80,84-92H,4-59H2,1-3H3,(H,93,94). The maximum absolute atomic E-state index is 14.4. The Bertz CT molecular complexity index is 2130. The molecule has 104 heavy (non-hydrogen) atoms. The third-order valence-electron chi connectivity index (χ3n) is 20.9. The summed E-state index contributed by atoms with van der Waals surface area (Å²) in [7, 11) is -5.70. The van der Waals surface area contributed by atoms with Crippen LogP contribution in [-0.4, -0.2) is 204 Å². The molecule has 0 aromatic heterocycles.